The molecule has 77 valence electrons. The van der Waals surface area contributed by atoms with E-state index in [9.17, 15) is 5.11 Å². The van der Waals surface area contributed by atoms with Crippen molar-refractivity contribution in [2.45, 2.75) is 53.1 Å². The van der Waals surface area contributed by atoms with Gasteiger partial charge in [0.1, 0.15) is 0 Å². The summed E-state index contributed by atoms with van der Waals surface area (Å²) in [6.45, 7) is 14.8. The van der Waals surface area contributed by atoms with Crippen molar-refractivity contribution in [3.05, 3.63) is 6.92 Å². The Balaban J connectivity index is 2.95. The van der Waals surface area contributed by atoms with Crippen LogP contribution in [0.4, 0.5) is 0 Å². The van der Waals surface area contributed by atoms with Crippen LogP contribution < -0.4 is 0 Å². The Labute approximate surface area is 82.5 Å². The first-order valence-corrected chi connectivity index (χ1v) is 5.17. The van der Waals surface area contributed by atoms with Gasteiger partial charge in [0.15, 0.2) is 0 Å². The molecule has 2 atom stereocenters. The predicted octanol–water partition coefficient (Wildman–Crippen LogP) is 3.03. The average Bonchev–Trinajstić information content (AvgIpc) is 2.00. The molecule has 1 saturated carbocycles. The molecule has 0 bridgehead atoms. The van der Waals surface area contributed by atoms with Crippen LogP contribution in [-0.2, 0) is 0 Å². The van der Waals surface area contributed by atoms with E-state index in [4.69, 9.17) is 0 Å². The lowest BCUT2D eigenvalue weighted by Gasteiger charge is -2.43. The number of hydrogen-bond donors (Lipinski definition) is 1. The second kappa shape index (κ2) is 2.73. The first-order valence-electron chi connectivity index (χ1n) is 5.17. The lowest BCUT2D eigenvalue weighted by atomic mass is 9.63. The van der Waals surface area contributed by atoms with Gasteiger partial charge >= 0.3 is 0 Å². The minimum Gasteiger partial charge on any atom is -0.390 e. The number of hydrogen-bond acceptors (Lipinski definition) is 1. The van der Waals surface area contributed by atoms with Crippen LogP contribution in [0.1, 0.15) is 47.5 Å². The van der Waals surface area contributed by atoms with Gasteiger partial charge in [-0.15, -0.1) is 0 Å². The molecule has 0 spiro atoms. The van der Waals surface area contributed by atoms with Crippen molar-refractivity contribution in [1.29, 1.82) is 0 Å². The fourth-order valence-electron chi connectivity index (χ4n) is 2.80. The van der Waals surface area contributed by atoms with Gasteiger partial charge in [-0.05, 0) is 50.4 Å². The van der Waals surface area contributed by atoms with Crippen molar-refractivity contribution in [3.63, 3.8) is 0 Å². The molecule has 0 aromatic carbocycles. The van der Waals surface area contributed by atoms with E-state index in [1.807, 2.05) is 13.8 Å². The van der Waals surface area contributed by atoms with E-state index in [0.717, 1.165) is 12.8 Å². The van der Waals surface area contributed by atoms with E-state index < -0.39 is 5.60 Å². The molecule has 0 saturated heterocycles. The standard InChI is InChI=1S/C12H23O/c1-10(2)8-7-9(11(10,3)4)12(5,6)13/h9,13H,1,7-8H2,2-6H3/t9-,10?/m0/s1. The van der Waals surface area contributed by atoms with E-state index >= 15 is 0 Å². The zero-order chi connectivity index (χ0) is 10.5. The highest BCUT2D eigenvalue weighted by atomic mass is 16.3. The molecule has 1 aliphatic carbocycles. The summed E-state index contributed by atoms with van der Waals surface area (Å²) in [4.78, 5) is 0. The van der Waals surface area contributed by atoms with Gasteiger partial charge in [0.25, 0.3) is 0 Å². The Kier molecular flexibility index (Phi) is 2.31. The van der Waals surface area contributed by atoms with Crippen LogP contribution in [0, 0.1) is 23.7 Å². The molecule has 1 rings (SSSR count). The van der Waals surface area contributed by atoms with Gasteiger partial charge in [-0.25, -0.2) is 0 Å². The molecule has 0 aromatic rings. The third kappa shape index (κ3) is 1.63. The van der Waals surface area contributed by atoms with Crippen LogP contribution in [0.5, 0.6) is 0 Å². The smallest absolute Gasteiger partial charge is 0.0625 e. The highest BCUT2D eigenvalue weighted by Gasteiger charge is 2.53. The van der Waals surface area contributed by atoms with Gasteiger partial charge in [0, 0.05) is 0 Å². The quantitative estimate of drug-likeness (QED) is 0.662. The summed E-state index contributed by atoms with van der Waals surface area (Å²) in [6.07, 6.45) is 2.21. The minimum absolute atomic E-state index is 0.109. The summed E-state index contributed by atoms with van der Waals surface area (Å²) < 4.78 is 0. The Morgan fingerprint density at radius 3 is 1.92 bits per heavy atom. The Hall–Kier alpha value is -0.0400. The summed E-state index contributed by atoms with van der Waals surface area (Å²) in [6, 6.07) is 0. The second-order valence-electron chi connectivity index (χ2n) is 6.03. The molecule has 1 heteroatoms. The van der Waals surface area contributed by atoms with Crippen molar-refractivity contribution in [2.24, 2.45) is 16.7 Å². The summed E-state index contributed by atoms with van der Waals surface area (Å²) in [7, 11) is 0. The molecule has 0 heterocycles. The van der Waals surface area contributed by atoms with Gasteiger partial charge in [0.05, 0.1) is 5.60 Å². The molecule has 1 fully saturated rings. The first-order chi connectivity index (χ1) is 5.59. The Bertz CT molecular complexity index is 196. The molecule has 1 nitrogen and oxygen atoms in total. The van der Waals surface area contributed by atoms with Crippen molar-refractivity contribution in [2.75, 3.05) is 0 Å². The van der Waals surface area contributed by atoms with Crippen LogP contribution >= 0.6 is 0 Å². The Morgan fingerprint density at radius 2 is 1.77 bits per heavy atom. The van der Waals surface area contributed by atoms with E-state index in [-0.39, 0.29) is 10.8 Å². The third-order valence-electron chi connectivity index (χ3n) is 4.26. The highest BCUT2D eigenvalue weighted by Crippen LogP contribution is 2.58. The highest BCUT2D eigenvalue weighted by molar-refractivity contribution is 5.05. The molecule has 0 aromatic heterocycles. The molecule has 1 N–H and O–H groups in total. The fraction of sp³-hybridized carbons (Fsp3) is 0.917. The largest absolute Gasteiger partial charge is 0.390 e. The summed E-state index contributed by atoms with van der Waals surface area (Å²) in [5, 5.41) is 10.1. The van der Waals surface area contributed by atoms with Gasteiger partial charge < -0.3 is 5.11 Å². The van der Waals surface area contributed by atoms with Crippen molar-refractivity contribution < 1.29 is 5.11 Å². The number of aliphatic hydroxyl groups is 1. The molecule has 0 amide bonds. The summed E-state index contributed by atoms with van der Waals surface area (Å²) in [5.74, 6) is 0.363. The molecular formula is C12H23O. The van der Waals surface area contributed by atoms with Crippen LogP contribution in [0.3, 0.4) is 0 Å². The third-order valence-corrected chi connectivity index (χ3v) is 4.26. The van der Waals surface area contributed by atoms with Crippen molar-refractivity contribution in [1.82, 2.24) is 0 Å². The van der Waals surface area contributed by atoms with Crippen LogP contribution in [0.2, 0.25) is 0 Å². The monoisotopic (exact) mass is 183 g/mol. The summed E-state index contributed by atoms with van der Waals surface area (Å²) >= 11 is 0. The zero-order valence-electron chi connectivity index (χ0n) is 9.65. The zero-order valence-corrected chi connectivity index (χ0v) is 9.65. The Morgan fingerprint density at radius 1 is 1.31 bits per heavy atom. The molecule has 13 heavy (non-hydrogen) atoms. The maximum Gasteiger partial charge on any atom is 0.0625 e. The predicted molar refractivity (Wildman–Crippen MR) is 56.3 cm³/mol. The van der Waals surface area contributed by atoms with Gasteiger partial charge in [-0.2, -0.15) is 0 Å². The van der Waals surface area contributed by atoms with Crippen LogP contribution in [0.15, 0.2) is 0 Å². The van der Waals surface area contributed by atoms with E-state index in [0.29, 0.717) is 5.92 Å². The molecular weight excluding hydrogens is 160 g/mol. The van der Waals surface area contributed by atoms with Crippen LogP contribution in [0.25, 0.3) is 0 Å². The SMILES string of the molecule is [CH2]C1(C)CC[C@H](C(C)(C)O)C1(C)C. The maximum absolute atomic E-state index is 10.1. The second-order valence-corrected chi connectivity index (χ2v) is 6.03. The summed E-state index contributed by atoms with van der Waals surface area (Å²) in [5.41, 5.74) is -0.331. The minimum atomic E-state index is -0.570. The van der Waals surface area contributed by atoms with Gasteiger partial charge in [-0.1, -0.05) is 20.8 Å². The van der Waals surface area contributed by atoms with E-state index in [1.165, 1.54) is 0 Å². The van der Waals surface area contributed by atoms with E-state index in [1.54, 1.807) is 0 Å². The number of rotatable bonds is 1. The molecule has 0 aliphatic heterocycles. The molecule has 1 aliphatic rings. The first kappa shape index (κ1) is 11.0. The lowest BCUT2D eigenvalue weighted by Crippen LogP contribution is -2.42. The topological polar surface area (TPSA) is 20.2 Å². The maximum atomic E-state index is 10.1. The lowest BCUT2D eigenvalue weighted by molar-refractivity contribution is -0.0430. The normalized spacial score (nSPS) is 32.1. The average molecular weight is 183 g/mol. The van der Waals surface area contributed by atoms with Gasteiger partial charge in [-0.3, -0.25) is 0 Å². The fourth-order valence-corrected chi connectivity index (χ4v) is 2.80. The molecule has 1 unspecified atom stereocenters. The molecule has 1 radical (unpaired) electrons. The van der Waals surface area contributed by atoms with Crippen LogP contribution in [-0.4, -0.2) is 10.7 Å². The van der Waals surface area contributed by atoms with Gasteiger partial charge in [0.2, 0.25) is 0 Å². The van der Waals surface area contributed by atoms with Crippen molar-refractivity contribution >= 4 is 0 Å². The van der Waals surface area contributed by atoms with E-state index in [2.05, 4.69) is 27.7 Å². The van der Waals surface area contributed by atoms with Crippen molar-refractivity contribution in [3.8, 4) is 0 Å².